The van der Waals surface area contributed by atoms with Crippen molar-refractivity contribution in [1.82, 2.24) is 10.3 Å². The first-order valence-corrected chi connectivity index (χ1v) is 7.73. The molecule has 0 bridgehead atoms. The van der Waals surface area contributed by atoms with Gasteiger partial charge in [0.2, 0.25) is 0 Å². The van der Waals surface area contributed by atoms with Crippen LogP contribution < -0.4 is 10.1 Å². The molecule has 2 N–H and O–H groups in total. The Hall–Kier alpha value is -2.46. The van der Waals surface area contributed by atoms with Gasteiger partial charge in [0.15, 0.2) is 0 Å². The summed E-state index contributed by atoms with van der Waals surface area (Å²) in [4.78, 5) is 15.3. The summed E-state index contributed by atoms with van der Waals surface area (Å²) < 4.78 is 5.26. The standard InChI is InChI=1S/C18H17ClN2O2/c1-23-15-5-6-17-16(10-15)13(11-21-17)7-8-20-18(22)12-3-2-4-14(19)9-12/h2-6,9-11,21H,7-8H2,1H3,(H,20,22). The van der Waals surface area contributed by atoms with Crippen LogP contribution in [-0.4, -0.2) is 24.5 Å². The van der Waals surface area contributed by atoms with Crippen LogP contribution >= 0.6 is 11.6 Å². The Labute approximate surface area is 139 Å². The second kappa shape index (κ2) is 6.75. The number of carbonyl (C=O) groups excluding carboxylic acids is 1. The molecule has 1 heterocycles. The lowest BCUT2D eigenvalue weighted by Crippen LogP contribution is -2.25. The summed E-state index contributed by atoms with van der Waals surface area (Å²) in [5.74, 6) is 0.700. The van der Waals surface area contributed by atoms with E-state index in [4.69, 9.17) is 16.3 Å². The Morgan fingerprint density at radius 1 is 1.26 bits per heavy atom. The molecule has 23 heavy (non-hydrogen) atoms. The number of ether oxygens (including phenoxy) is 1. The van der Waals surface area contributed by atoms with Crippen molar-refractivity contribution in [3.8, 4) is 5.75 Å². The van der Waals surface area contributed by atoms with Crippen molar-refractivity contribution in [2.75, 3.05) is 13.7 Å². The number of amides is 1. The van der Waals surface area contributed by atoms with E-state index in [-0.39, 0.29) is 5.91 Å². The Morgan fingerprint density at radius 2 is 2.13 bits per heavy atom. The molecule has 0 aliphatic carbocycles. The summed E-state index contributed by atoms with van der Waals surface area (Å²) in [5.41, 5.74) is 2.77. The SMILES string of the molecule is COc1ccc2[nH]cc(CCNC(=O)c3cccc(Cl)c3)c2c1. The van der Waals surface area contributed by atoms with Gasteiger partial charge in [-0.2, -0.15) is 0 Å². The second-order valence-electron chi connectivity index (χ2n) is 5.24. The zero-order valence-electron chi connectivity index (χ0n) is 12.7. The highest BCUT2D eigenvalue weighted by molar-refractivity contribution is 6.30. The van der Waals surface area contributed by atoms with Crippen LogP contribution in [0.15, 0.2) is 48.7 Å². The number of aromatic nitrogens is 1. The number of rotatable bonds is 5. The van der Waals surface area contributed by atoms with Crippen LogP contribution in [0.5, 0.6) is 5.75 Å². The van der Waals surface area contributed by atoms with Gasteiger partial charge >= 0.3 is 0 Å². The number of H-pyrrole nitrogens is 1. The Bertz CT molecular complexity index is 842. The average molecular weight is 329 g/mol. The zero-order valence-corrected chi connectivity index (χ0v) is 13.5. The number of aromatic amines is 1. The minimum Gasteiger partial charge on any atom is -0.497 e. The number of fused-ring (bicyclic) bond motifs is 1. The third-order valence-electron chi connectivity index (χ3n) is 3.74. The minimum absolute atomic E-state index is 0.120. The molecule has 0 aliphatic rings. The van der Waals surface area contributed by atoms with Crippen LogP contribution in [0.4, 0.5) is 0 Å². The number of halogens is 1. The molecular weight excluding hydrogens is 312 g/mol. The molecule has 3 rings (SSSR count). The quantitative estimate of drug-likeness (QED) is 0.748. The maximum atomic E-state index is 12.1. The predicted molar refractivity (Wildman–Crippen MR) is 92.3 cm³/mol. The van der Waals surface area contributed by atoms with Gasteiger partial charge in [0.25, 0.3) is 5.91 Å². The van der Waals surface area contributed by atoms with Gasteiger partial charge in [0, 0.05) is 34.2 Å². The summed E-state index contributed by atoms with van der Waals surface area (Å²) in [5, 5.41) is 4.58. The molecule has 118 valence electrons. The van der Waals surface area contributed by atoms with Gasteiger partial charge in [-0.3, -0.25) is 4.79 Å². The molecule has 0 fully saturated rings. The number of carbonyl (C=O) groups is 1. The van der Waals surface area contributed by atoms with Gasteiger partial charge < -0.3 is 15.0 Å². The predicted octanol–water partition coefficient (Wildman–Crippen LogP) is 3.80. The summed E-state index contributed by atoms with van der Waals surface area (Å²) in [6.07, 6.45) is 2.70. The van der Waals surface area contributed by atoms with E-state index in [1.54, 1.807) is 31.4 Å². The molecular formula is C18H17ClN2O2. The smallest absolute Gasteiger partial charge is 0.251 e. The molecule has 1 amide bonds. The van der Waals surface area contributed by atoms with E-state index in [0.717, 1.165) is 28.6 Å². The van der Waals surface area contributed by atoms with Crippen molar-refractivity contribution >= 4 is 28.4 Å². The maximum Gasteiger partial charge on any atom is 0.251 e. The molecule has 0 radical (unpaired) electrons. The molecule has 0 saturated heterocycles. The molecule has 5 heteroatoms. The fourth-order valence-corrected chi connectivity index (χ4v) is 2.72. The van der Waals surface area contributed by atoms with Gasteiger partial charge in [-0.15, -0.1) is 0 Å². The van der Waals surface area contributed by atoms with Crippen LogP contribution in [0.3, 0.4) is 0 Å². The van der Waals surface area contributed by atoms with E-state index >= 15 is 0 Å². The summed E-state index contributed by atoms with van der Waals surface area (Å²) in [7, 11) is 1.65. The van der Waals surface area contributed by atoms with Crippen LogP contribution in [0.2, 0.25) is 5.02 Å². The third-order valence-corrected chi connectivity index (χ3v) is 3.98. The van der Waals surface area contributed by atoms with Crippen LogP contribution in [0, 0.1) is 0 Å². The van der Waals surface area contributed by atoms with Crippen LogP contribution in [0.1, 0.15) is 15.9 Å². The van der Waals surface area contributed by atoms with E-state index in [1.165, 1.54) is 0 Å². The third kappa shape index (κ3) is 3.48. The van der Waals surface area contributed by atoms with E-state index in [9.17, 15) is 4.79 Å². The first kappa shape index (κ1) is 15.4. The summed E-state index contributed by atoms with van der Waals surface area (Å²) in [6.45, 7) is 0.551. The van der Waals surface area contributed by atoms with Gasteiger partial charge in [0.1, 0.15) is 5.75 Å². The summed E-state index contributed by atoms with van der Waals surface area (Å²) >= 11 is 5.90. The van der Waals surface area contributed by atoms with Gasteiger partial charge in [-0.1, -0.05) is 17.7 Å². The molecule has 4 nitrogen and oxygen atoms in total. The van der Waals surface area contributed by atoms with Gasteiger partial charge in [-0.05, 0) is 48.4 Å². The molecule has 0 aliphatic heterocycles. The number of hydrogen-bond acceptors (Lipinski definition) is 2. The van der Waals surface area contributed by atoms with Crippen molar-refractivity contribution in [3.05, 3.63) is 64.8 Å². The highest BCUT2D eigenvalue weighted by Gasteiger charge is 2.08. The number of benzene rings is 2. The van der Waals surface area contributed by atoms with E-state index < -0.39 is 0 Å². The zero-order chi connectivity index (χ0) is 16.2. The van der Waals surface area contributed by atoms with Gasteiger partial charge in [0.05, 0.1) is 7.11 Å². The Balaban J connectivity index is 1.66. The lowest BCUT2D eigenvalue weighted by atomic mass is 10.1. The monoisotopic (exact) mass is 328 g/mol. The van der Waals surface area contributed by atoms with Crippen LogP contribution in [-0.2, 0) is 6.42 Å². The van der Waals surface area contributed by atoms with Crippen molar-refractivity contribution in [2.45, 2.75) is 6.42 Å². The molecule has 2 aromatic carbocycles. The van der Waals surface area contributed by atoms with Crippen molar-refractivity contribution in [1.29, 1.82) is 0 Å². The Kier molecular flexibility index (Phi) is 4.53. The second-order valence-corrected chi connectivity index (χ2v) is 5.68. The van der Waals surface area contributed by atoms with Crippen molar-refractivity contribution < 1.29 is 9.53 Å². The maximum absolute atomic E-state index is 12.1. The molecule has 0 saturated carbocycles. The lowest BCUT2D eigenvalue weighted by Gasteiger charge is -2.06. The molecule has 0 atom stereocenters. The first-order chi connectivity index (χ1) is 11.2. The highest BCUT2D eigenvalue weighted by Crippen LogP contribution is 2.23. The number of methoxy groups -OCH3 is 1. The lowest BCUT2D eigenvalue weighted by molar-refractivity contribution is 0.0954. The van der Waals surface area contributed by atoms with E-state index in [0.29, 0.717) is 17.1 Å². The summed E-state index contributed by atoms with van der Waals surface area (Å²) in [6, 6.07) is 12.8. The number of nitrogens with one attached hydrogen (secondary N) is 2. The molecule has 3 aromatic rings. The number of hydrogen-bond donors (Lipinski definition) is 2. The Morgan fingerprint density at radius 3 is 2.91 bits per heavy atom. The van der Waals surface area contributed by atoms with E-state index in [2.05, 4.69) is 10.3 Å². The average Bonchev–Trinajstić information content (AvgIpc) is 2.97. The largest absolute Gasteiger partial charge is 0.497 e. The van der Waals surface area contributed by atoms with Crippen molar-refractivity contribution in [2.24, 2.45) is 0 Å². The van der Waals surface area contributed by atoms with Gasteiger partial charge in [-0.25, -0.2) is 0 Å². The highest BCUT2D eigenvalue weighted by atomic mass is 35.5. The molecule has 0 spiro atoms. The fourth-order valence-electron chi connectivity index (χ4n) is 2.53. The van der Waals surface area contributed by atoms with Crippen molar-refractivity contribution in [3.63, 3.8) is 0 Å². The topological polar surface area (TPSA) is 54.1 Å². The van der Waals surface area contributed by atoms with Crippen LogP contribution in [0.25, 0.3) is 10.9 Å². The molecule has 0 unspecified atom stereocenters. The normalized spacial score (nSPS) is 10.7. The minimum atomic E-state index is -0.120. The first-order valence-electron chi connectivity index (χ1n) is 7.35. The fraction of sp³-hybridized carbons (Fsp3) is 0.167. The molecule has 1 aromatic heterocycles. The van der Waals surface area contributed by atoms with E-state index in [1.807, 2.05) is 24.4 Å².